The van der Waals surface area contributed by atoms with E-state index in [0.29, 0.717) is 5.82 Å². The Kier molecular flexibility index (Phi) is 2.86. The Morgan fingerprint density at radius 3 is 3.17 bits per heavy atom. The lowest BCUT2D eigenvalue weighted by Crippen LogP contribution is -1.88. The molecule has 0 saturated heterocycles. The van der Waals surface area contributed by atoms with Gasteiger partial charge in [0.25, 0.3) is 0 Å². The Bertz CT molecular complexity index is 336. The summed E-state index contributed by atoms with van der Waals surface area (Å²) in [7, 11) is 0. The van der Waals surface area contributed by atoms with Crippen LogP contribution in [0.15, 0.2) is 18.3 Å². The maximum Gasteiger partial charge on any atom is 0.131 e. The normalized spacial score (nSPS) is 8.33. The Morgan fingerprint density at radius 1 is 1.67 bits per heavy atom. The molecule has 0 aromatic carbocycles. The first kappa shape index (κ1) is 8.28. The van der Waals surface area contributed by atoms with Gasteiger partial charge in [-0.15, -0.1) is 0 Å². The molecule has 0 bridgehead atoms. The lowest BCUT2D eigenvalue weighted by atomic mass is 10.2. The van der Waals surface area contributed by atoms with E-state index in [0.717, 1.165) is 11.8 Å². The van der Waals surface area contributed by atoms with E-state index in [1.165, 1.54) is 0 Å². The lowest BCUT2D eigenvalue weighted by molar-refractivity contribution is -0.107. The van der Waals surface area contributed by atoms with E-state index >= 15 is 0 Å². The minimum atomic E-state index is 0.252. The van der Waals surface area contributed by atoms with Crippen LogP contribution in [0.25, 0.3) is 0 Å². The minimum Gasteiger partial charge on any atom is -0.384 e. The third-order valence-corrected chi connectivity index (χ3v) is 1.20. The van der Waals surface area contributed by atoms with E-state index in [1.807, 2.05) is 0 Å². The van der Waals surface area contributed by atoms with Crippen molar-refractivity contribution in [1.82, 2.24) is 4.98 Å². The van der Waals surface area contributed by atoms with Crippen LogP contribution < -0.4 is 5.73 Å². The third-order valence-electron chi connectivity index (χ3n) is 1.20. The standard InChI is InChI=1S/C9H8N2O/c10-9-7-8(4-5-11-9)3-1-2-6-12/h4-7H,2H2,(H2,10,11). The number of aldehydes is 1. The van der Waals surface area contributed by atoms with Crippen molar-refractivity contribution >= 4 is 12.1 Å². The molecular weight excluding hydrogens is 152 g/mol. The first-order valence-electron chi connectivity index (χ1n) is 3.47. The van der Waals surface area contributed by atoms with Gasteiger partial charge in [-0.25, -0.2) is 4.98 Å². The largest absolute Gasteiger partial charge is 0.384 e. The number of anilines is 1. The fourth-order valence-electron chi connectivity index (χ4n) is 0.721. The molecule has 1 aromatic rings. The quantitative estimate of drug-likeness (QED) is 0.483. The second-order valence-electron chi connectivity index (χ2n) is 2.14. The SMILES string of the molecule is Nc1cc(C#CCC=O)ccn1. The molecule has 3 heteroatoms. The second-order valence-corrected chi connectivity index (χ2v) is 2.14. The topological polar surface area (TPSA) is 56.0 Å². The van der Waals surface area contributed by atoms with Gasteiger partial charge >= 0.3 is 0 Å². The van der Waals surface area contributed by atoms with Crippen molar-refractivity contribution < 1.29 is 4.79 Å². The summed E-state index contributed by atoms with van der Waals surface area (Å²) in [6, 6.07) is 3.41. The fourth-order valence-corrected chi connectivity index (χ4v) is 0.721. The van der Waals surface area contributed by atoms with Crippen LogP contribution in [-0.2, 0) is 4.79 Å². The zero-order chi connectivity index (χ0) is 8.81. The first-order chi connectivity index (χ1) is 5.83. The molecule has 1 heterocycles. The number of nitrogens with two attached hydrogens (primary N) is 1. The van der Waals surface area contributed by atoms with Crippen LogP contribution in [0, 0.1) is 11.8 Å². The van der Waals surface area contributed by atoms with E-state index in [1.54, 1.807) is 18.3 Å². The molecule has 0 amide bonds. The Hall–Kier alpha value is -1.82. The number of pyridine rings is 1. The van der Waals surface area contributed by atoms with Crippen LogP contribution in [0.5, 0.6) is 0 Å². The summed E-state index contributed by atoms with van der Waals surface area (Å²) in [5, 5.41) is 0. The van der Waals surface area contributed by atoms with E-state index in [4.69, 9.17) is 5.73 Å². The van der Waals surface area contributed by atoms with Crippen LogP contribution in [0.4, 0.5) is 5.82 Å². The number of carbonyl (C=O) groups is 1. The molecule has 0 unspecified atom stereocenters. The minimum absolute atomic E-state index is 0.252. The molecule has 0 radical (unpaired) electrons. The van der Waals surface area contributed by atoms with Crippen LogP contribution in [0.3, 0.4) is 0 Å². The van der Waals surface area contributed by atoms with Crippen molar-refractivity contribution in [3.8, 4) is 11.8 Å². The Balaban J connectivity index is 2.77. The van der Waals surface area contributed by atoms with Gasteiger partial charge in [-0.05, 0) is 12.1 Å². The molecule has 0 fully saturated rings. The summed E-state index contributed by atoms with van der Waals surface area (Å²) in [6.45, 7) is 0. The number of hydrogen-bond acceptors (Lipinski definition) is 3. The average Bonchev–Trinajstić information content (AvgIpc) is 2.05. The molecule has 1 aromatic heterocycles. The van der Waals surface area contributed by atoms with Crippen molar-refractivity contribution in [2.45, 2.75) is 6.42 Å². The van der Waals surface area contributed by atoms with Gasteiger partial charge in [0, 0.05) is 11.8 Å². The molecule has 2 N–H and O–H groups in total. The van der Waals surface area contributed by atoms with E-state index in [2.05, 4.69) is 16.8 Å². The lowest BCUT2D eigenvalue weighted by Gasteiger charge is -1.90. The summed E-state index contributed by atoms with van der Waals surface area (Å²) in [4.78, 5) is 13.7. The van der Waals surface area contributed by atoms with Crippen molar-refractivity contribution in [2.75, 3.05) is 5.73 Å². The van der Waals surface area contributed by atoms with Crippen LogP contribution in [0.2, 0.25) is 0 Å². The van der Waals surface area contributed by atoms with Gasteiger partial charge in [0.15, 0.2) is 0 Å². The van der Waals surface area contributed by atoms with Gasteiger partial charge in [0.05, 0.1) is 6.42 Å². The van der Waals surface area contributed by atoms with Gasteiger partial charge < -0.3 is 10.5 Å². The summed E-state index contributed by atoms with van der Waals surface area (Å²) < 4.78 is 0. The van der Waals surface area contributed by atoms with Crippen molar-refractivity contribution in [2.24, 2.45) is 0 Å². The summed E-state index contributed by atoms with van der Waals surface area (Å²) >= 11 is 0. The van der Waals surface area contributed by atoms with E-state index < -0.39 is 0 Å². The number of rotatable bonds is 1. The predicted molar refractivity (Wildman–Crippen MR) is 46.2 cm³/mol. The molecule has 0 spiro atoms. The summed E-state index contributed by atoms with van der Waals surface area (Å²) in [6.07, 6.45) is 2.60. The second kappa shape index (κ2) is 4.14. The van der Waals surface area contributed by atoms with Gasteiger partial charge in [-0.2, -0.15) is 0 Å². The van der Waals surface area contributed by atoms with E-state index in [9.17, 15) is 4.79 Å². The highest BCUT2D eigenvalue weighted by molar-refractivity contribution is 5.55. The number of nitrogens with zero attached hydrogens (tertiary/aromatic N) is 1. The van der Waals surface area contributed by atoms with Gasteiger partial charge in [0.2, 0.25) is 0 Å². The molecule has 0 aliphatic carbocycles. The highest BCUT2D eigenvalue weighted by atomic mass is 16.1. The van der Waals surface area contributed by atoms with Crippen LogP contribution in [0.1, 0.15) is 12.0 Å². The summed E-state index contributed by atoms with van der Waals surface area (Å²) in [5.74, 6) is 5.90. The maximum atomic E-state index is 9.92. The maximum absolute atomic E-state index is 9.92. The number of carbonyl (C=O) groups excluding carboxylic acids is 1. The number of hydrogen-bond donors (Lipinski definition) is 1. The van der Waals surface area contributed by atoms with Crippen molar-refractivity contribution in [1.29, 1.82) is 0 Å². The molecule has 60 valence electrons. The molecular formula is C9H8N2O. The van der Waals surface area contributed by atoms with Gasteiger partial charge in [0.1, 0.15) is 12.1 Å². The van der Waals surface area contributed by atoms with Gasteiger partial charge in [-0.1, -0.05) is 11.8 Å². The zero-order valence-corrected chi connectivity index (χ0v) is 6.45. The van der Waals surface area contributed by atoms with Crippen LogP contribution >= 0.6 is 0 Å². The number of aromatic nitrogens is 1. The molecule has 0 atom stereocenters. The van der Waals surface area contributed by atoms with Gasteiger partial charge in [-0.3, -0.25) is 0 Å². The first-order valence-corrected chi connectivity index (χ1v) is 3.47. The van der Waals surface area contributed by atoms with Crippen molar-refractivity contribution in [3.05, 3.63) is 23.9 Å². The third kappa shape index (κ3) is 2.43. The average molecular weight is 160 g/mol. The Labute approximate surface area is 70.6 Å². The number of nitrogen functional groups attached to an aromatic ring is 1. The monoisotopic (exact) mass is 160 g/mol. The fraction of sp³-hybridized carbons (Fsp3) is 0.111. The molecule has 0 saturated carbocycles. The predicted octanol–water partition coefficient (Wildman–Crippen LogP) is 0.604. The molecule has 3 nitrogen and oxygen atoms in total. The molecule has 0 aliphatic heterocycles. The smallest absolute Gasteiger partial charge is 0.131 e. The molecule has 0 aliphatic rings. The van der Waals surface area contributed by atoms with Crippen molar-refractivity contribution in [3.63, 3.8) is 0 Å². The zero-order valence-electron chi connectivity index (χ0n) is 6.45. The highest BCUT2D eigenvalue weighted by Gasteiger charge is 1.87. The molecule has 1 rings (SSSR count). The Morgan fingerprint density at radius 2 is 2.50 bits per heavy atom. The molecule has 12 heavy (non-hydrogen) atoms. The van der Waals surface area contributed by atoms with Crippen LogP contribution in [-0.4, -0.2) is 11.3 Å². The highest BCUT2D eigenvalue weighted by Crippen LogP contribution is 2.00. The van der Waals surface area contributed by atoms with E-state index in [-0.39, 0.29) is 6.42 Å². The summed E-state index contributed by atoms with van der Waals surface area (Å²) in [5.41, 5.74) is 6.20.